The maximum atomic E-state index is 10.3. The number of nitrogens with one attached hydrogen (secondary N) is 1. The Bertz CT molecular complexity index is 149. The molecule has 1 aliphatic carbocycles. The van der Waals surface area contributed by atoms with Crippen molar-refractivity contribution in [2.75, 3.05) is 6.54 Å². The van der Waals surface area contributed by atoms with Gasteiger partial charge in [-0.3, -0.25) is 0 Å². The molecule has 4 nitrogen and oxygen atoms in total. The fourth-order valence-corrected chi connectivity index (χ4v) is 1.48. The van der Waals surface area contributed by atoms with E-state index in [9.17, 15) is 4.79 Å². The first-order valence-electron chi connectivity index (χ1n) is 3.90. The Morgan fingerprint density at radius 2 is 2.36 bits per heavy atom. The van der Waals surface area contributed by atoms with E-state index >= 15 is 0 Å². The van der Waals surface area contributed by atoms with Gasteiger partial charge in [0.05, 0.1) is 6.10 Å². The van der Waals surface area contributed by atoms with Crippen LogP contribution in [0.5, 0.6) is 0 Å². The van der Waals surface area contributed by atoms with Gasteiger partial charge < -0.3 is 16.2 Å². The van der Waals surface area contributed by atoms with Gasteiger partial charge in [0.15, 0.2) is 0 Å². The smallest absolute Gasteiger partial charge is 0.312 e. The fraction of sp³-hybridized carbons (Fsp3) is 0.857. The van der Waals surface area contributed by atoms with Crippen molar-refractivity contribution in [3.63, 3.8) is 0 Å². The van der Waals surface area contributed by atoms with Gasteiger partial charge in [0.2, 0.25) is 0 Å². The SMILES string of the molecule is NC(=O)NCC1CCC(O)C1. The molecular formula is C7H14N2O2. The molecule has 0 aromatic rings. The highest BCUT2D eigenvalue weighted by Crippen LogP contribution is 2.24. The summed E-state index contributed by atoms with van der Waals surface area (Å²) >= 11 is 0. The van der Waals surface area contributed by atoms with Crippen LogP contribution in [0.1, 0.15) is 19.3 Å². The number of nitrogens with two attached hydrogens (primary N) is 1. The molecule has 4 heteroatoms. The van der Waals surface area contributed by atoms with Crippen molar-refractivity contribution in [1.29, 1.82) is 0 Å². The van der Waals surface area contributed by atoms with Crippen LogP contribution in [-0.4, -0.2) is 23.8 Å². The van der Waals surface area contributed by atoms with Gasteiger partial charge in [-0.2, -0.15) is 0 Å². The number of aliphatic hydroxyl groups is 1. The summed E-state index contributed by atoms with van der Waals surface area (Å²) in [6, 6.07) is -0.480. The number of rotatable bonds is 2. The Hall–Kier alpha value is -0.770. The van der Waals surface area contributed by atoms with E-state index in [0.717, 1.165) is 19.3 Å². The summed E-state index contributed by atoms with van der Waals surface area (Å²) in [5.74, 6) is 0.414. The molecule has 2 atom stereocenters. The fourth-order valence-electron chi connectivity index (χ4n) is 1.48. The minimum Gasteiger partial charge on any atom is -0.393 e. The second-order valence-electron chi connectivity index (χ2n) is 3.08. The third-order valence-electron chi connectivity index (χ3n) is 2.08. The zero-order valence-electron chi connectivity index (χ0n) is 6.42. The van der Waals surface area contributed by atoms with E-state index in [-0.39, 0.29) is 6.10 Å². The predicted octanol–water partition coefficient (Wildman–Crippen LogP) is -0.184. The summed E-state index contributed by atoms with van der Waals surface area (Å²) in [4.78, 5) is 10.3. The topological polar surface area (TPSA) is 75.4 Å². The van der Waals surface area contributed by atoms with Crippen LogP contribution in [0.4, 0.5) is 4.79 Å². The van der Waals surface area contributed by atoms with Gasteiger partial charge in [-0.15, -0.1) is 0 Å². The van der Waals surface area contributed by atoms with Crippen molar-refractivity contribution in [3.05, 3.63) is 0 Å². The lowest BCUT2D eigenvalue weighted by Crippen LogP contribution is -2.33. The Labute approximate surface area is 65.8 Å². The predicted molar refractivity (Wildman–Crippen MR) is 40.9 cm³/mol. The molecule has 0 saturated heterocycles. The van der Waals surface area contributed by atoms with Crippen molar-refractivity contribution in [3.8, 4) is 0 Å². The van der Waals surface area contributed by atoms with E-state index in [1.165, 1.54) is 0 Å². The van der Waals surface area contributed by atoms with Crippen LogP contribution < -0.4 is 11.1 Å². The summed E-state index contributed by atoms with van der Waals surface area (Å²) in [6.07, 6.45) is 2.46. The van der Waals surface area contributed by atoms with Gasteiger partial charge in [0.25, 0.3) is 0 Å². The highest BCUT2D eigenvalue weighted by molar-refractivity contribution is 5.71. The van der Waals surface area contributed by atoms with Crippen LogP contribution in [-0.2, 0) is 0 Å². The maximum Gasteiger partial charge on any atom is 0.312 e. The van der Waals surface area contributed by atoms with Crippen molar-refractivity contribution in [2.24, 2.45) is 11.7 Å². The van der Waals surface area contributed by atoms with Gasteiger partial charge in [0.1, 0.15) is 0 Å². The van der Waals surface area contributed by atoms with E-state index in [1.54, 1.807) is 0 Å². The van der Waals surface area contributed by atoms with Crippen LogP contribution >= 0.6 is 0 Å². The number of amides is 2. The molecule has 0 radical (unpaired) electrons. The lowest BCUT2D eigenvalue weighted by molar-refractivity contribution is 0.177. The van der Waals surface area contributed by atoms with Gasteiger partial charge in [-0.1, -0.05) is 0 Å². The first kappa shape index (κ1) is 8.33. The number of carbonyl (C=O) groups is 1. The third kappa shape index (κ3) is 2.76. The zero-order chi connectivity index (χ0) is 8.27. The highest BCUT2D eigenvalue weighted by atomic mass is 16.3. The molecule has 11 heavy (non-hydrogen) atoms. The van der Waals surface area contributed by atoms with E-state index < -0.39 is 6.03 Å². The average molecular weight is 158 g/mol. The largest absolute Gasteiger partial charge is 0.393 e. The number of primary amides is 1. The van der Waals surface area contributed by atoms with Crippen LogP contribution in [0.15, 0.2) is 0 Å². The summed E-state index contributed by atoms with van der Waals surface area (Å²) in [5.41, 5.74) is 4.89. The molecule has 1 fully saturated rings. The molecule has 0 aliphatic heterocycles. The van der Waals surface area contributed by atoms with E-state index in [1.807, 2.05) is 0 Å². The van der Waals surface area contributed by atoms with Crippen molar-refractivity contribution in [2.45, 2.75) is 25.4 Å². The normalized spacial score (nSPS) is 30.3. The molecule has 1 aliphatic rings. The molecule has 0 heterocycles. The Balaban J connectivity index is 2.13. The summed E-state index contributed by atoms with van der Waals surface area (Å²) in [6.45, 7) is 0.604. The molecule has 2 amide bonds. The molecule has 2 unspecified atom stereocenters. The molecule has 0 aromatic heterocycles. The second-order valence-corrected chi connectivity index (χ2v) is 3.08. The van der Waals surface area contributed by atoms with Crippen LogP contribution in [0.2, 0.25) is 0 Å². The molecule has 4 N–H and O–H groups in total. The van der Waals surface area contributed by atoms with Gasteiger partial charge >= 0.3 is 6.03 Å². The Kier molecular flexibility index (Phi) is 2.70. The van der Waals surface area contributed by atoms with Gasteiger partial charge in [0, 0.05) is 6.54 Å². The monoisotopic (exact) mass is 158 g/mol. The number of hydrogen-bond donors (Lipinski definition) is 3. The summed E-state index contributed by atoms with van der Waals surface area (Å²) in [5, 5.41) is 11.7. The number of hydrogen-bond acceptors (Lipinski definition) is 2. The minimum absolute atomic E-state index is 0.172. The van der Waals surface area contributed by atoms with Gasteiger partial charge in [-0.25, -0.2) is 4.79 Å². The molecule has 1 rings (SSSR count). The molecule has 0 spiro atoms. The first-order valence-corrected chi connectivity index (χ1v) is 3.90. The average Bonchev–Trinajstić information content (AvgIpc) is 2.31. The van der Waals surface area contributed by atoms with Crippen molar-refractivity contribution >= 4 is 6.03 Å². The van der Waals surface area contributed by atoms with Crippen LogP contribution in [0.3, 0.4) is 0 Å². The zero-order valence-corrected chi connectivity index (χ0v) is 6.42. The maximum absolute atomic E-state index is 10.3. The lowest BCUT2D eigenvalue weighted by Gasteiger charge is -2.08. The third-order valence-corrected chi connectivity index (χ3v) is 2.08. The highest BCUT2D eigenvalue weighted by Gasteiger charge is 2.22. The first-order chi connectivity index (χ1) is 5.18. The van der Waals surface area contributed by atoms with Crippen LogP contribution in [0, 0.1) is 5.92 Å². The molecule has 64 valence electrons. The van der Waals surface area contributed by atoms with E-state index in [2.05, 4.69) is 5.32 Å². The van der Waals surface area contributed by atoms with E-state index in [0.29, 0.717) is 12.5 Å². The standard InChI is InChI=1S/C7H14N2O2/c8-7(11)9-4-5-1-2-6(10)3-5/h5-6,10H,1-4H2,(H3,8,9,11). The molecule has 0 aromatic carbocycles. The van der Waals surface area contributed by atoms with Gasteiger partial charge in [-0.05, 0) is 25.2 Å². The summed E-state index contributed by atoms with van der Waals surface area (Å²) in [7, 11) is 0. The molecule has 1 saturated carbocycles. The number of carbonyl (C=O) groups excluding carboxylic acids is 1. The second kappa shape index (κ2) is 3.57. The Morgan fingerprint density at radius 3 is 2.82 bits per heavy atom. The summed E-state index contributed by atoms with van der Waals surface area (Å²) < 4.78 is 0. The Morgan fingerprint density at radius 1 is 1.64 bits per heavy atom. The number of aliphatic hydroxyl groups excluding tert-OH is 1. The quantitative estimate of drug-likeness (QED) is 0.521. The number of urea groups is 1. The minimum atomic E-state index is -0.480. The van der Waals surface area contributed by atoms with E-state index in [4.69, 9.17) is 10.8 Å². The molecule has 0 bridgehead atoms. The van der Waals surface area contributed by atoms with Crippen LogP contribution in [0.25, 0.3) is 0 Å². The van der Waals surface area contributed by atoms with Crippen molar-refractivity contribution in [1.82, 2.24) is 5.32 Å². The van der Waals surface area contributed by atoms with Crippen molar-refractivity contribution < 1.29 is 9.90 Å². The lowest BCUT2D eigenvalue weighted by atomic mass is 10.1. The molecular weight excluding hydrogens is 144 g/mol.